The predicted molar refractivity (Wildman–Crippen MR) is 73.8 cm³/mol. The predicted octanol–water partition coefficient (Wildman–Crippen LogP) is 2.86. The van der Waals surface area contributed by atoms with E-state index in [9.17, 15) is 9.18 Å². The van der Waals surface area contributed by atoms with Gasteiger partial charge in [-0.15, -0.1) is 11.3 Å². The van der Waals surface area contributed by atoms with Crippen molar-refractivity contribution in [2.24, 2.45) is 5.73 Å². The van der Waals surface area contributed by atoms with E-state index in [0.717, 1.165) is 5.56 Å². The Morgan fingerprint density at radius 2 is 2.26 bits per heavy atom. The third-order valence-electron chi connectivity index (χ3n) is 2.58. The molecule has 1 unspecified atom stereocenters. The van der Waals surface area contributed by atoms with Gasteiger partial charge in [-0.1, -0.05) is 11.6 Å². The van der Waals surface area contributed by atoms with Crippen molar-refractivity contribution in [3.63, 3.8) is 0 Å². The largest absolute Gasteiger partial charge is 0.323 e. The maximum atomic E-state index is 13.6. The fourth-order valence-electron chi connectivity index (χ4n) is 1.53. The van der Waals surface area contributed by atoms with E-state index in [0.29, 0.717) is 10.8 Å². The lowest BCUT2D eigenvalue weighted by Crippen LogP contribution is -2.14. The van der Waals surface area contributed by atoms with Crippen molar-refractivity contribution in [3.05, 3.63) is 46.2 Å². The number of hydrogen-bond acceptors (Lipinski definition) is 4. The van der Waals surface area contributed by atoms with Gasteiger partial charge in [0.05, 0.1) is 11.3 Å². The molecule has 1 aromatic carbocycles. The van der Waals surface area contributed by atoms with Crippen LogP contribution in [0.5, 0.6) is 0 Å². The van der Waals surface area contributed by atoms with Gasteiger partial charge >= 0.3 is 0 Å². The van der Waals surface area contributed by atoms with Gasteiger partial charge in [-0.2, -0.15) is 0 Å². The quantitative estimate of drug-likeness (QED) is 0.907. The molecule has 0 aliphatic rings. The number of nitrogens with zero attached hydrogens (tertiary/aromatic N) is 1. The summed E-state index contributed by atoms with van der Waals surface area (Å²) in [5.41, 5.74) is 7.22. The number of aromatic nitrogens is 1. The number of amides is 1. The SMILES string of the molecule is Cc1ccc(F)c(C(=O)Nc2nc(C(C)N)cs2)c1. The number of hydrogen-bond donors (Lipinski definition) is 2. The lowest BCUT2D eigenvalue weighted by Gasteiger charge is -2.04. The number of nitrogens with two attached hydrogens (primary N) is 1. The van der Waals surface area contributed by atoms with Crippen LogP contribution >= 0.6 is 11.3 Å². The second-order valence-electron chi connectivity index (χ2n) is 4.30. The van der Waals surface area contributed by atoms with Gasteiger partial charge < -0.3 is 5.73 Å². The van der Waals surface area contributed by atoms with E-state index in [1.165, 1.54) is 23.5 Å². The standard InChI is InChI=1S/C13H14FN3OS/c1-7-3-4-10(14)9(5-7)12(18)17-13-16-11(6-19-13)8(2)15/h3-6,8H,15H2,1-2H3,(H,16,17,18). The number of carbonyl (C=O) groups is 1. The summed E-state index contributed by atoms with van der Waals surface area (Å²) in [4.78, 5) is 16.1. The van der Waals surface area contributed by atoms with E-state index in [-0.39, 0.29) is 11.6 Å². The normalized spacial score (nSPS) is 12.2. The monoisotopic (exact) mass is 279 g/mol. The van der Waals surface area contributed by atoms with Crippen LogP contribution in [0.1, 0.15) is 34.6 Å². The average molecular weight is 279 g/mol. The van der Waals surface area contributed by atoms with E-state index in [1.807, 2.05) is 0 Å². The zero-order chi connectivity index (χ0) is 14.0. The minimum absolute atomic E-state index is 0.0116. The molecule has 0 bridgehead atoms. The molecule has 0 saturated carbocycles. The molecule has 100 valence electrons. The lowest BCUT2D eigenvalue weighted by atomic mass is 10.1. The molecule has 0 aliphatic heterocycles. The van der Waals surface area contributed by atoms with Gasteiger partial charge in [-0.05, 0) is 26.0 Å². The molecule has 3 N–H and O–H groups in total. The number of aryl methyl sites for hydroxylation is 1. The zero-order valence-electron chi connectivity index (χ0n) is 10.6. The Kier molecular flexibility index (Phi) is 3.92. The Labute approximate surface area is 114 Å². The highest BCUT2D eigenvalue weighted by molar-refractivity contribution is 7.14. The van der Waals surface area contributed by atoms with Crippen LogP contribution in [0.25, 0.3) is 0 Å². The molecule has 4 nitrogen and oxygen atoms in total. The van der Waals surface area contributed by atoms with Crippen molar-refractivity contribution in [3.8, 4) is 0 Å². The van der Waals surface area contributed by atoms with Crippen molar-refractivity contribution >= 4 is 22.4 Å². The minimum atomic E-state index is -0.549. The molecule has 1 amide bonds. The zero-order valence-corrected chi connectivity index (χ0v) is 11.4. The Morgan fingerprint density at radius 3 is 2.89 bits per heavy atom. The molecule has 0 fully saturated rings. The van der Waals surface area contributed by atoms with Gasteiger partial charge in [0.1, 0.15) is 5.82 Å². The Morgan fingerprint density at radius 1 is 1.53 bits per heavy atom. The van der Waals surface area contributed by atoms with Gasteiger partial charge in [0.25, 0.3) is 5.91 Å². The molecule has 6 heteroatoms. The summed E-state index contributed by atoms with van der Waals surface area (Å²) in [6, 6.07) is 4.20. The Bertz CT molecular complexity index is 610. The molecule has 0 saturated heterocycles. The van der Waals surface area contributed by atoms with E-state index in [4.69, 9.17) is 5.73 Å². The molecular formula is C13H14FN3OS. The summed E-state index contributed by atoms with van der Waals surface area (Å²) in [7, 11) is 0. The molecule has 1 heterocycles. The van der Waals surface area contributed by atoms with Gasteiger partial charge in [0.2, 0.25) is 0 Å². The first-order chi connectivity index (χ1) is 8.97. The number of halogens is 1. The molecular weight excluding hydrogens is 265 g/mol. The number of anilines is 1. The maximum Gasteiger partial charge on any atom is 0.260 e. The van der Waals surface area contributed by atoms with Gasteiger partial charge in [0.15, 0.2) is 5.13 Å². The van der Waals surface area contributed by atoms with Crippen LogP contribution in [0.3, 0.4) is 0 Å². The summed E-state index contributed by atoms with van der Waals surface area (Å²) in [5.74, 6) is -1.06. The Balaban J connectivity index is 2.18. The van der Waals surface area contributed by atoms with Gasteiger partial charge in [-0.3, -0.25) is 10.1 Å². The molecule has 0 radical (unpaired) electrons. The molecule has 0 aliphatic carbocycles. The summed E-state index contributed by atoms with van der Waals surface area (Å²) in [5, 5.41) is 4.76. The Hall–Kier alpha value is -1.79. The highest BCUT2D eigenvalue weighted by Gasteiger charge is 2.14. The smallest absolute Gasteiger partial charge is 0.260 e. The van der Waals surface area contributed by atoms with Crippen molar-refractivity contribution in [1.82, 2.24) is 4.98 Å². The third-order valence-corrected chi connectivity index (χ3v) is 3.35. The highest BCUT2D eigenvalue weighted by atomic mass is 32.1. The number of rotatable bonds is 3. The molecule has 0 spiro atoms. The van der Waals surface area contributed by atoms with Crippen LogP contribution in [-0.4, -0.2) is 10.9 Å². The fraction of sp³-hybridized carbons (Fsp3) is 0.231. The van der Waals surface area contributed by atoms with Crippen molar-refractivity contribution < 1.29 is 9.18 Å². The maximum absolute atomic E-state index is 13.6. The second kappa shape index (κ2) is 5.46. The lowest BCUT2D eigenvalue weighted by molar-refractivity contribution is 0.102. The van der Waals surface area contributed by atoms with E-state index < -0.39 is 11.7 Å². The summed E-state index contributed by atoms with van der Waals surface area (Å²) in [6.07, 6.45) is 0. The van der Waals surface area contributed by atoms with Crippen LogP contribution in [0, 0.1) is 12.7 Å². The van der Waals surface area contributed by atoms with Crippen molar-refractivity contribution in [2.75, 3.05) is 5.32 Å². The fourth-order valence-corrected chi connectivity index (χ4v) is 2.34. The van der Waals surface area contributed by atoms with Crippen LogP contribution in [0.15, 0.2) is 23.6 Å². The molecule has 1 aromatic heterocycles. The molecule has 1 atom stereocenters. The second-order valence-corrected chi connectivity index (χ2v) is 5.16. The van der Waals surface area contributed by atoms with Crippen LogP contribution in [-0.2, 0) is 0 Å². The third kappa shape index (κ3) is 3.15. The van der Waals surface area contributed by atoms with E-state index in [1.54, 1.807) is 25.3 Å². The topological polar surface area (TPSA) is 68.0 Å². The average Bonchev–Trinajstić information content (AvgIpc) is 2.80. The molecule has 2 aromatic rings. The van der Waals surface area contributed by atoms with Gasteiger partial charge in [-0.25, -0.2) is 9.37 Å². The van der Waals surface area contributed by atoms with E-state index >= 15 is 0 Å². The van der Waals surface area contributed by atoms with Crippen molar-refractivity contribution in [1.29, 1.82) is 0 Å². The summed E-state index contributed by atoms with van der Waals surface area (Å²) in [6.45, 7) is 3.61. The van der Waals surface area contributed by atoms with Crippen LogP contribution < -0.4 is 11.1 Å². The summed E-state index contributed by atoms with van der Waals surface area (Å²) >= 11 is 1.27. The first-order valence-corrected chi connectivity index (χ1v) is 6.64. The molecule has 19 heavy (non-hydrogen) atoms. The van der Waals surface area contributed by atoms with Crippen LogP contribution in [0.4, 0.5) is 9.52 Å². The number of carbonyl (C=O) groups excluding carboxylic acids is 1. The molecule has 2 rings (SSSR count). The number of benzene rings is 1. The van der Waals surface area contributed by atoms with Gasteiger partial charge in [0, 0.05) is 11.4 Å². The number of thiazole rings is 1. The minimum Gasteiger partial charge on any atom is -0.323 e. The first-order valence-electron chi connectivity index (χ1n) is 5.76. The first kappa shape index (κ1) is 13.6. The highest BCUT2D eigenvalue weighted by Crippen LogP contribution is 2.20. The summed E-state index contributed by atoms with van der Waals surface area (Å²) < 4.78 is 13.6. The number of nitrogens with one attached hydrogen (secondary N) is 1. The van der Waals surface area contributed by atoms with E-state index in [2.05, 4.69) is 10.3 Å². The van der Waals surface area contributed by atoms with Crippen LogP contribution in [0.2, 0.25) is 0 Å². The van der Waals surface area contributed by atoms with Crippen molar-refractivity contribution in [2.45, 2.75) is 19.9 Å².